The molecule has 0 saturated heterocycles. The second-order valence-electron chi connectivity index (χ2n) is 4.37. The van der Waals surface area contributed by atoms with Gasteiger partial charge in [-0.25, -0.2) is 4.98 Å². The van der Waals surface area contributed by atoms with E-state index in [-0.39, 0.29) is 0 Å². The van der Waals surface area contributed by atoms with Crippen LogP contribution in [0.5, 0.6) is 5.75 Å². The topological polar surface area (TPSA) is 65.4 Å². The van der Waals surface area contributed by atoms with E-state index in [0.29, 0.717) is 11.6 Å². The lowest BCUT2D eigenvalue weighted by Crippen LogP contribution is -1.98. The van der Waals surface area contributed by atoms with Gasteiger partial charge in [0, 0.05) is 39.0 Å². The van der Waals surface area contributed by atoms with Gasteiger partial charge in [0.15, 0.2) is 0 Å². The van der Waals surface area contributed by atoms with E-state index in [1.165, 1.54) is 8.93 Å². The van der Waals surface area contributed by atoms with Gasteiger partial charge in [0.25, 0.3) is 0 Å². The van der Waals surface area contributed by atoms with E-state index in [2.05, 4.69) is 42.3 Å². The second-order valence-corrected chi connectivity index (χ2v) is 6.05. The summed E-state index contributed by atoms with van der Waals surface area (Å²) in [6.45, 7) is 0. The zero-order chi connectivity index (χ0) is 15.5. The van der Waals surface area contributed by atoms with Gasteiger partial charge in [-0.1, -0.05) is 12.1 Å². The highest BCUT2D eigenvalue weighted by atomic mass is 127. The molecule has 0 bridgehead atoms. The molecule has 0 saturated carbocycles. The van der Waals surface area contributed by atoms with Crippen molar-refractivity contribution in [1.82, 2.24) is 14.4 Å². The van der Waals surface area contributed by atoms with E-state index < -0.39 is 0 Å². The number of rotatable bonds is 2. The summed E-state index contributed by atoms with van der Waals surface area (Å²) in [4.78, 5) is 8.79. The van der Waals surface area contributed by atoms with E-state index in [1.807, 2.05) is 34.9 Å². The third kappa shape index (κ3) is 2.84. The number of nitrogens with zero attached hydrogens (tertiary/aromatic N) is 3. The Balaban J connectivity index is 2.21. The standard InChI is InChI=1S/C15H11IN4OS/c1-21-13-5-3-2-4-11(13)12-9-20-10(6-7-22-16)8-14(17)19-15(20)18-12/h2-5,8-9H,1H3,(H2,17,18,19). The summed E-state index contributed by atoms with van der Waals surface area (Å²) in [5, 5.41) is 2.95. The molecule has 5 nitrogen and oxygen atoms in total. The Hall–Kier alpha value is -1.92. The normalized spacial score (nSPS) is 10.3. The van der Waals surface area contributed by atoms with Crippen LogP contribution in [-0.4, -0.2) is 21.5 Å². The molecular weight excluding hydrogens is 411 g/mol. The van der Waals surface area contributed by atoms with Crippen molar-refractivity contribution in [3.05, 3.63) is 42.2 Å². The Morgan fingerprint density at radius 3 is 2.91 bits per heavy atom. The number of aromatic nitrogens is 3. The molecule has 3 rings (SSSR count). The lowest BCUT2D eigenvalue weighted by atomic mass is 10.1. The molecule has 1 aromatic carbocycles. The molecule has 2 heterocycles. The average molecular weight is 422 g/mol. The quantitative estimate of drug-likeness (QED) is 0.507. The first-order chi connectivity index (χ1) is 10.7. The van der Waals surface area contributed by atoms with Crippen LogP contribution in [0, 0.1) is 11.2 Å². The van der Waals surface area contributed by atoms with E-state index in [1.54, 1.807) is 13.2 Å². The van der Waals surface area contributed by atoms with Crippen LogP contribution in [0.3, 0.4) is 0 Å². The maximum absolute atomic E-state index is 5.83. The van der Waals surface area contributed by atoms with Crippen molar-refractivity contribution in [2.45, 2.75) is 0 Å². The highest BCUT2D eigenvalue weighted by Crippen LogP contribution is 2.29. The number of halogens is 1. The number of hydrogen-bond donors (Lipinski definition) is 1. The van der Waals surface area contributed by atoms with E-state index in [9.17, 15) is 0 Å². The van der Waals surface area contributed by atoms with Crippen molar-refractivity contribution >= 4 is 41.7 Å². The number of nitrogens with two attached hydrogens (primary N) is 1. The molecular formula is C15H11IN4OS. The molecule has 0 radical (unpaired) electrons. The maximum Gasteiger partial charge on any atom is 0.237 e. The molecule has 2 N–H and O–H groups in total. The first-order valence-corrected chi connectivity index (χ1v) is 9.66. The summed E-state index contributed by atoms with van der Waals surface area (Å²) in [5.41, 5.74) is 8.25. The average Bonchev–Trinajstić information content (AvgIpc) is 2.96. The van der Waals surface area contributed by atoms with Crippen LogP contribution in [0.2, 0.25) is 0 Å². The molecule has 7 heteroatoms. The Kier molecular flexibility index (Phi) is 4.40. The van der Waals surface area contributed by atoms with Gasteiger partial charge in [-0.15, -0.1) is 0 Å². The predicted octanol–water partition coefficient (Wildman–Crippen LogP) is 3.38. The molecule has 22 heavy (non-hydrogen) atoms. The highest BCUT2D eigenvalue weighted by Gasteiger charge is 2.12. The van der Waals surface area contributed by atoms with Gasteiger partial charge in [0.05, 0.1) is 12.8 Å². The number of ether oxygens (including phenoxy) is 1. The molecule has 110 valence electrons. The van der Waals surface area contributed by atoms with Gasteiger partial charge < -0.3 is 10.5 Å². The van der Waals surface area contributed by atoms with Crippen molar-refractivity contribution in [1.29, 1.82) is 0 Å². The van der Waals surface area contributed by atoms with Crippen molar-refractivity contribution in [2.75, 3.05) is 12.8 Å². The molecule has 0 amide bonds. The minimum atomic E-state index is 0.396. The van der Waals surface area contributed by atoms with E-state index in [0.717, 1.165) is 22.7 Å². The predicted molar refractivity (Wildman–Crippen MR) is 97.9 cm³/mol. The molecule has 0 unspecified atom stereocenters. The number of imidazole rings is 1. The molecule has 0 aliphatic rings. The summed E-state index contributed by atoms with van der Waals surface area (Å²) in [5.74, 6) is 4.72. The van der Waals surface area contributed by atoms with Crippen molar-refractivity contribution in [3.63, 3.8) is 0 Å². The SMILES string of the molecule is COc1ccccc1-c1cn2c(C#CSI)cc(N)nc2n1. The molecule has 0 spiro atoms. The van der Waals surface area contributed by atoms with Gasteiger partial charge in [0.1, 0.15) is 17.3 Å². The Labute approximate surface area is 143 Å². The van der Waals surface area contributed by atoms with E-state index in [4.69, 9.17) is 10.5 Å². The Bertz CT molecular complexity index is 897. The molecule has 2 aromatic heterocycles. The summed E-state index contributed by atoms with van der Waals surface area (Å²) in [6, 6.07) is 9.45. The molecule has 0 aliphatic heterocycles. The fourth-order valence-electron chi connectivity index (χ4n) is 2.14. The number of hydrogen-bond acceptors (Lipinski definition) is 5. The van der Waals surface area contributed by atoms with Gasteiger partial charge in [0.2, 0.25) is 5.78 Å². The van der Waals surface area contributed by atoms with Crippen LogP contribution in [0.15, 0.2) is 36.5 Å². The molecule has 0 aliphatic carbocycles. The monoisotopic (exact) mass is 422 g/mol. The van der Waals surface area contributed by atoms with Crippen LogP contribution in [0.4, 0.5) is 5.82 Å². The lowest BCUT2D eigenvalue weighted by molar-refractivity contribution is 0.416. The van der Waals surface area contributed by atoms with Crippen LogP contribution < -0.4 is 10.5 Å². The van der Waals surface area contributed by atoms with Gasteiger partial charge in [-0.3, -0.25) is 4.40 Å². The maximum atomic E-state index is 5.83. The second kappa shape index (κ2) is 6.46. The van der Waals surface area contributed by atoms with Gasteiger partial charge >= 0.3 is 0 Å². The zero-order valence-electron chi connectivity index (χ0n) is 11.6. The number of nitrogen functional groups attached to an aromatic ring is 1. The van der Waals surface area contributed by atoms with Crippen molar-refractivity contribution in [3.8, 4) is 28.2 Å². The van der Waals surface area contributed by atoms with Gasteiger partial charge in [-0.05, 0) is 32.2 Å². The fourth-order valence-corrected chi connectivity index (χ4v) is 2.61. The van der Waals surface area contributed by atoms with Gasteiger partial charge in [-0.2, -0.15) is 4.98 Å². The Morgan fingerprint density at radius 2 is 2.14 bits per heavy atom. The van der Waals surface area contributed by atoms with Crippen LogP contribution in [-0.2, 0) is 0 Å². The minimum absolute atomic E-state index is 0.396. The van der Waals surface area contributed by atoms with Crippen LogP contribution in [0.25, 0.3) is 17.0 Å². The third-order valence-corrected chi connectivity index (χ3v) is 3.90. The summed E-state index contributed by atoms with van der Waals surface area (Å²) >= 11 is 2.13. The fraction of sp³-hybridized carbons (Fsp3) is 0.0667. The number of benzene rings is 1. The summed E-state index contributed by atoms with van der Waals surface area (Å²) in [6.07, 6.45) is 1.89. The smallest absolute Gasteiger partial charge is 0.237 e. The number of anilines is 1. The first kappa shape index (κ1) is 15.0. The number of para-hydroxylation sites is 1. The molecule has 0 atom stereocenters. The minimum Gasteiger partial charge on any atom is -0.496 e. The number of methoxy groups -OCH3 is 1. The van der Waals surface area contributed by atoms with Crippen LogP contribution >= 0.6 is 30.1 Å². The van der Waals surface area contributed by atoms with E-state index >= 15 is 0 Å². The first-order valence-electron chi connectivity index (χ1n) is 6.30. The lowest BCUT2D eigenvalue weighted by Gasteiger charge is -2.04. The zero-order valence-corrected chi connectivity index (χ0v) is 14.6. The molecule has 0 fully saturated rings. The Morgan fingerprint density at radius 1 is 1.32 bits per heavy atom. The molecule has 3 aromatic rings. The van der Waals surface area contributed by atoms with Crippen LogP contribution in [0.1, 0.15) is 5.69 Å². The third-order valence-electron chi connectivity index (χ3n) is 3.06. The summed E-state index contributed by atoms with van der Waals surface area (Å²) in [7, 11) is 3.05. The van der Waals surface area contributed by atoms with Crippen molar-refractivity contribution < 1.29 is 4.74 Å². The largest absolute Gasteiger partial charge is 0.496 e. The number of fused-ring (bicyclic) bond motifs is 1. The van der Waals surface area contributed by atoms with Crippen molar-refractivity contribution in [2.24, 2.45) is 0 Å². The highest BCUT2D eigenvalue weighted by molar-refractivity contribution is 14.2. The summed E-state index contributed by atoms with van der Waals surface area (Å²) < 4.78 is 7.22.